The summed E-state index contributed by atoms with van der Waals surface area (Å²) in [6, 6.07) is 7.49. The first-order chi connectivity index (χ1) is 9.69. The second-order valence-corrected chi connectivity index (χ2v) is 5.27. The largest absolute Gasteiger partial charge is 0.492 e. The van der Waals surface area contributed by atoms with E-state index in [-0.39, 0.29) is 11.9 Å². The van der Waals surface area contributed by atoms with Crippen LogP contribution in [-0.2, 0) is 4.79 Å². The topological polar surface area (TPSA) is 90.4 Å². The molecule has 5 N–H and O–H groups in total. The number of hydrogen-bond donors (Lipinski definition) is 3. The highest BCUT2D eigenvalue weighted by atomic mass is 16.5. The first-order valence-corrected chi connectivity index (χ1v) is 7.17. The van der Waals surface area contributed by atoms with Gasteiger partial charge in [-0.15, -0.1) is 0 Å². The van der Waals surface area contributed by atoms with Gasteiger partial charge < -0.3 is 21.5 Å². The van der Waals surface area contributed by atoms with Gasteiger partial charge in [0.2, 0.25) is 5.91 Å². The highest BCUT2D eigenvalue weighted by Gasteiger charge is 2.25. The van der Waals surface area contributed by atoms with Gasteiger partial charge >= 0.3 is 0 Å². The molecule has 1 aromatic rings. The maximum atomic E-state index is 12.0. The van der Waals surface area contributed by atoms with Gasteiger partial charge in [-0.25, -0.2) is 0 Å². The fourth-order valence-electron chi connectivity index (χ4n) is 2.58. The van der Waals surface area contributed by atoms with Crippen LogP contribution in [0.5, 0.6) is 5.75 Å². The molecular weight excluding hydrogens is 254 g/mol. The van der Waals surface area contributed by atoms with Gasteiger partial charge in [0.25, 0.3) is 0 Å². The smallest absolute Gasteiger partial charge is 0.224 e. The van der Waals surface area contributed by atoms with Crippen molar-refractivity contribution < 1.29 is 9.53 Å². The van der Waals surface area contributed by atoms with Crippen LogP contribution < -0.4 is 21.5 Å². The molecule has 20 heavy (non-hydrogen) atoms. The Morgan fingerprint density at radius 3 is 2.65 bits per heavy atom. The third kappa shape index (κ3) is 4.21. The zero-order chi connectivity index (χ0) is 14.4. The van der Waals surface area contributed by atoms with Crippen LogP contribution in [0.2, 0.25) is 0 Å². The molecule has 5 nitrogen and oxygen atoms in total. The average molecular weight is 277 g/mol. The van der Waals surface area contributed by atoms with Gasteiger partial charge in [-0.1, -0.05) is 6.42 Å². The van der Waals surface area contributed by atoms with Crippen LogP contribution in [0, 0.1) is 5.92 Å². The number of benzene rings is 1. The number of nitrogens with one attached hydrogen (secondary N) is 1. The van der Waals surface area contributed by atoms with Crippen molar-refractivity contribution >= 4 is 11.6 Å². The molecule has 1 fully saturated rings. The number of amides is 1. The molecule has 110 valence electrons. The van der Waals surface area contributed by atoms with Crippen molar-refractivity contribution in [1.82, 2.24) is 0 Å². The summed E-state index contributed by atoms with van der Waals surface area (Å²) in [5, 5.41) is 2.90. The zero-order valence-electron chi connectivity index (χ0n) is 11.7. The Morgan fingerprint density at radius 2 is 2.05 bits per heavy atom. The first-order valence-electron chi connectivity index (χ1n) is 7.17. The predicted octanol–water partition coefficient (Wildman–Crippen LogP) is 1.48. The second-order valence-electron chi connectivity index (χ2n) is 5.27. The van der Waals surface area contributed by atoms with Crippen LogP contribution >= 0.6 is 0 Å². The number of carbonyl (C=O) groups excluding carboxylic acids is 1. The molecule has 1 aromatic carbocycles. The molecule has 1 aliphatic carbocycles. The summed E-state index contributed by atoms with van der Waals surface area (Å²) in [5.74, 6) is 1.11. The molecule has 0 heterocycles. The molecule has 0 saturated heterocycles. The number of nitrogens with two attached hydrogens (primary N) is 2. The van der Waals surface area contributed by atoms with Crippen LogP contribution in [0.25, 0.3) is 0 Å². The highest BCUT2D eigenvalue weighted by Crippen LogP contribution is 2.27. The molecule has 1 aliphatic rings. The molecule has 0 aromatic heterocycles. The lowest BCUT2D eigenvalue weighted by atomic mass is 10.00. The van der Waals surface area contributed by atoms with Gasteiger partial charge in [-0.2, -0.15) is 0 Å². The minimum atomic E-state index is 0.0305. The fraction of sp³-hybridized carbons (Fsp3) is 0.533. The number of carbonyl (C=O) groups is 1. The van der Waals surface area contributed by atoms with E-state index in [1.807, 2.05) is 24.3 Å². The summed E-state index contributed by atoms with van der Waals surface area (Å²) in [6.07, 6.45) is 3.73. The maximum absolute atomic E-state index is 12.0. The van der Waals surface area contributed by atoms with E-state index in [1.54, 1.807) is 0 Å². The lowest BCUT2D eigenvalue weighted by Gasteiger charge is -2.15. The fourth-order valence-corrected chi connectivity index (χ4v) is 2.58. The molecule has 5 heteroatoms. The first kappa shape index (κ1) is 14.8. The minimum Gasteiger partial charge on any atom is -0.492 e. The predicted molar refractivity (Wildman–Crippen MR) is 79.6 cm³/mol. The third-order valence-electron chi connectivity index (χ3n) is 3.69. The highest BCUT2D eigenvalue weighted by molar-refractivity contribution is 5.90. The normalized spacial score (nSPS) is 21.7. The Bertz CT molecular complexity index is 433. The van der Waals surface area contributed by atoms with Gasteiger partial charge in [-0.3, -0.25) is 4.79 Å². The van der Waals surface area contributed by atoms with Crippen LogP contribution in [0.3, 0.4) is 0 Å². The quantitative estimate of drug-likeness (QED) is 0.734. The lowest BCUT2D eigenvalue weighted by molar-refractivity contribution is -0.117. The van der Waals surface area contributed by atoms with Crippen LogP contribution in [0.15, 0.2) is 24.3 Å². The Labute approximate surface area is 119 Å². The van der Waals surface area contributed by atoms with Gasteiger partial charge in [0.1, 0.15) is 12.4 Å². The molecular formula is C15H23N3O2. The summed E-state index contributed by atoms with van der Waals surface area (Å²) in [4.78, 5) is 12.0. The van der Waals surface area contributed by atoms with E-state index in [0.717, 1.165) is 30.7 Å². The van der Waals surface area contributed by atoms with Crippen molar-refractivity contribution in [1.29, 1.82) is 0 Å². The molecule has 0 radical (unpaired) electrons. The van der Waals surface area contributed by atoms with Gasteiger partial charge in [0.05, 0.1) is 0 Å². The van der Waals surface area contributed by atoms with E-state index in [1.165, 1.54) is 0 Å². The van der Waals surface area contributed by atoms with E-state index in [2.05, 4.69) is 5.32 Å². The van der Waals surface area contributed by atoms with Crippen molar-refractivity contribution in [3.63, 3.8) is 0 Å². The summed E-state index contributed by atoms with van der Waals surface area (Å²) in [6.45, 7) is 0.978. The van der Waals surface area contributed by atoms with Gasteiger partial charge in [0, 0.05) is 24.7 Å². The Hall–Kier alpha value is -1.59. The van der Waals surface area contributed by atoms with Crippen molar-refractivity contribution in [2.45, 2.75) is 31.7 Å². The lowest BCUT2D eigenvalue weighted by Crippen LogP contribution is -2.28. The monoisotopic (exact) mass is 277 g/mol. The van der Waals surface area contributed by atoms with E-state index in [0.29, 0.717) is 25.5 Å². The molecule has 0 spiro atoms. The molecule has 0 aliphatic heterocycles. The van der Waals surface area contributed by atoms with E-state index < -0.39 is 0 Å². The summed E-state index contributed by atoms with van der Waals surface area (Å²) in [7, 11) is 0. The zero-order valence-corrected chi connectivity index (χ0v) is 11.7. The number of ether oxygens (including phenoxy) is 1. The number of rotatable bonds is 6. The standard InChI is InChI=1S/C15H23N3O2/c16-8-9-20-13-6-4-12(5-7-13)18-15(19)10-11-2-1-3-14(11)17/h4-7,11,14H,1-3,8-10,16-17H2,(H,18,19)/t11-,14+/m0/s1. The third-order valence-corrected chi connectivity index (χ3v) is 3.69. The number of hydrogen-bond acceptors (Lipinski definition) is 4. The SMILES string of the molecule is NCCOc1ccc(NC(=O)C[C@@H]2CCC[C@H]2N)cc1. The molecule has 2 rings (SSSR count). The number of anilines is 1. The Balaban J connectivity index is 1.81. The van der Waals surface area contributed by atoms with Crippen LogP contribution in [-0.4, -0.2) is 25.1 Å². The second kappa shape index (κ2) is 7.26. The molecule has 0 unspecified atom stereocenters. The summed E-state index contributed by atoms with van der Waals surface area (Å²) < 4.78 is 5.38. The minimum absolute atomic E-state index is 0.0305. The van der Waals surface area contributed by atoms with E-state index in [9.17, 15) is 4.79 Å². The van der Waals surface area contributed by atoms with Crippen molar-refractivity contribution in [3.8, 4) is 5.75 Å². The molecule has 1 amide bonds. The molecule has 1 saturated carbocycles. The van der Waals surface area contributed by atoms with Gasteiger partial charge in [-0.05, 0) is 43.0 Å². The maximum Gasteiger partial charge on any atom is 0.224 e. The Morgan fingerprint density at radius 1 is 1.30 bits per heavy atom. The van der Waals surface area contributed by atoms with E-state index >= 15 is 0 Å². The van der Waals surface area contributed by atoms with Crippen molar-refractivity contribution in [2.75, 3.05) is 18.5 Å². The molecule has 0 bridgehead atoms. The van der Waals surface area contributed by atoms with Crippen LogP contribution in [0.4, 0.5) is 5.69 Å². The average Bonchev–Trinajstić information content (AvgIpc) is 2.83. The molecule has 2 atom stereocenters. The summed E-state index contributed by atoms with van der Waals surface area (Å²) >= 11 is 0. The van der Waals surface area contributed by atoms with Crippen molar-refractivity contribution in [2.24, 2.45) is 17.4 Å². The van der Waals surface area contributed by atoms with E-state index in [4.69, 9.17) is 16.2 Å². The Kier molecular flexibility index (Phi) is 5.38. The summed E-state index contributed by atoms with van der Waals surface area (Å²) in [5.41, 5.74) is 12.1. The van der Waals surface area contributed by atoms with Gasteiger partial charge in [0.15, 0.2) is 0 Å². The van der Waals surface area contributed by atoms with Crippen molar-refractivity contribution in [3.05, 3.63) is 24.3 Å². The van der Waals surface area contributed by atoms with Crippen LogP contribution in [0.1, 0.15) is 25.7 Å².